The van der Waals surface area contributed by atoms with E-state index in [1.54, 1.807) is 28.8 Å². The van der Waals surface area contributed by atoms with Crippen molar-refractivity contribution in [1.29, 1.82) is 0 Å². The number of nitrogens with zero attached hydrogens (tertiary/aromatic N) is 3. The average Bonchev–Trinajstić information content (AvgIpc) is 3.38. The quantitative estimate of drug-likeness (QED) is 0.186. The molecular weight excluding hydrogens is 503 g/mol. The Morgan fingerprint density at radius 1 is 1.41 bits per heavy atom. The molecule has 0 unspecified atom stereocenters. The number of aromatic amines is 1. The lowest BCUT2D eigenvalue weighted by Gasteiger charge is -2.25. The van der Waals surface area contributed by atoms with Crippen LogP contribution in [-0.2, 0) is 13.9 Å². The predicted octanol–water partition coefficient (Wildman–Crippen LogP) is 1.23. The zero-order valence-electron chi connectivity index (χ0n) is 20.3. The molecule has 0 bridgehead atoms. The van der Waals surface area contributed by atoms with Gasteiger partial charge in [-0.15, -0.1) is 0 Å². The first-order valence-electron chi connectivity index (χ1n) is 11.5. The molecule has 14 heteroatoms. The molecule has 0 aliphatic heterocycles. The van der Waals surface area contributed by atoms with Crippen LogP contribution in [0.4, 0.5) is 5.95 Å². The number of nitrogens with one attached hydrogen (secondary N) is 2. The lowest BCUT2D eigenvalue weighted by atomic mass is 10.0. The maximum Gasteiger partial charge on any atom is 0.459 e. The van der Waals surface area contributed by atoms with Crippen molar-refractivity contribution in [3.63, 3.8) is 0 Å². The number of benzene rings is 1. The first-order valence-corrected chi connectivity index (χ1v) is 13.1. The Bertz CT molecular complexity index is 1420. The SMILES string of the molecule is C=C1[C@H](CO[P@@](=O)(N[C@@H](C)C(=O)CO)Oc2ccc(C)cc2)[C@@H](O)C[C@@H]1n1cnc2c(=O)[nH]c(N)nc21. The van der Waals surface area contributed by atoms with E-state index in [0.29, 0.717) is 5.57 Å². The summed E-state index contributed by atoms with van der Waals surface area (Å²) < 4.78 is 26.6. The highest BCUT2D eigenvalue weighted by molar-refractivity contribution is 7.52. The molecule has 198 valence electrons. The zero-order valence-corrected chi connectivity index (χ0v) is 21.2. The topological polar surface area (TPSA) is 195 Å². The molecule has 0 amide bonds. The van der Waals surface area contributed by atoms with Gasteiger partial charge in [-0.25, -0.2) is 14.6 Å². The number of rotatable bonds is 10. The number of hydrogen-bond donors (Lipinski definition) is 5. The van der Waals surface area contributed by atoms with Gasteiger partial charge in [0.2, 0.25) is 5.95 Å². The summed E-state index contributed by atoms with van der Waals surface area (Å²) in [6.07, 6.45) is 0.703. The van der Waals surface area contributed by atoms with Gasteiger partial charge in [-0.3, -0.25) is 19.1 Å². The minimum atomic E-state index is -4.14. The van der Waals surface area contributed by atoms with Crippen LogP contribution in [0.15, 0.2) is 47.5 Å². The number of imidazole rings is 1. The second-order valence-electron chi connectivity index (χ2n) is 8.95. The molecule has 1 aliphatic carbocycles. The molecule has 1 aliphatic rings. The molecule has 1 saturated carbocycles. The number of ketones is 1. The van der Waals surface area contributed by atoms with Crippen LogP contribution in [0, 0.1) is 12.8 Å². The van der Waals surface area contributed by atoms with Crippen molar-refractivity contribution in [3.8, 4) is 5.75 Å². The lowest BCUT2D eigenvalue weighted by Crippen LogP contribution is -2.36. The number of carbonyl (C=O) groups is 1. The van der Waals surface area contributed by atoms with Crippen molar-refractivity contribution in [2.75, 3.05) is 18.9 Å². The average molecular weight is 532 g/mol. The van der Waals surface area contributed by atoms with Crippen LogP contribution in [-0.4, -0.2) is 60.9 Å². The Labute approximate surface area is 211 Å². The molecule has 3 aromatic rings. The van der Waals surface area contributed by atoms with E-state index in [9.17, 15) is 24.4 Å². The van der Waals surface area contributed by atoms with Crippen molar-refractivity contribution in [3.05, 3.63) is 58.7 Å². The molecule has 4 rings (SSSR count). The number of H-pyrrole nitrogens is 1. The van der Waals surface area contributed by atoms with E-state index in [1.807, 2.05) is 6.92 Å². The molecule has 0 radical (unpaired) electrons. The maximum absolute atomic E-state index is 13.7. The lowest BCUT2D eigenvalue weighted by molar-refractivity contribution is -0.123. The standard InChI is InChI=1S/C23H29N6O7P/c1-12-4-6-15(7-5-12)36-37(34,28-14(3)19(32)9-30)35-10-16-13(2)17(8-18(16)31)29-11-25-20-21(29)26-23(24)27-22(20)33/h4-7,11,14,16-18,30-31H,2,8-10H2,1,3H3,(H,28,34)(H3,24,26,27,33)/t14-,16-,17-,18-,37-/m0/s1. The Balaban J connectivity index is 1.55. The molecule has 6 N–H and O–H groups in total. The van der Waals surface area contributed by atoms with Gasteiger partial charge in [-0.2, -0.15) is 4.98 Å². The maximum atomic E-state index is 13.7. The number of carbonyl (C=O) groups excluding carboxylic acids is 1. The number of aryl methyl sites for hydroxylation is 1. The fourth-order valence-electron chi connectivity index (χ4n) is 4.17. The van der Waals surface area contributed by atoms with Crippen molar-refractivity contribution in [1.82, 2.24) is 24.6 Å². The Hall–Kier alpha value is -3.35. The zero-order chi connectivity index (χ0) is 26.9. The van der Waals surface area contributed by atoms with Crippen molar-refractivity contribution in [2.24, 2.45) is 5.92 Å². The molecule has 0 saturated heterocycles. The van der Waals surface area contributed by atoms with Crippen LogP contribution < -0.4 is 20.9 Å². The Kier molecular flexibility index (Phi) is 7.62. The first-order chi connectivity index (χ1) is 17.5. The number of anilines is 1. The molecule has 2 heterocycles. The van der Waals surface area contributed by atoms with Crippen LogP contribution in [0.25, 0.3) is 11.2 Å². The van der Waals surface area contributed by atoms with E-state index in [1.165, 1.54) is 13.3 Å². The molecular formula is C23H29N6O7P. The third kappa shape index (κ3) is 5.65. The molecule has 0 spiro atoms. The van der Waals surface area contributed by atoms with Gasteiger partial charge in [-0.1, -0.05) is 24.3 Å². The largest absolute Gasteiger partial charge is 0.459 e. The Morgan fingerprint density at radius 3 is 2.78 bits per heavy atom. The molecule has 13 nitrogen and oxygen atoms in total. The molecule has 1 aromatic carbocycles. The summed E-state index contributed by atoms with van der Waals surface area (Å²) in [6.45, 7) is 6.40. The van der Waals surface area contributed by atoms with Crippen LogP contribution >= 0.6 is 7.75 Å². The normalized spacial score (nSPS) is 22.2. The van der Waals surface area contributed by atoms with Gasteiger partial charge in [-0.05, 0) is 38.0 Å². The summed E-state index contributed by atoms with van der Waals surface area (Å²) in [5.41, 5.74) is 7.03. The van der Waals surface area contributed by atoms with Crippen molar-refractivity contribution in [2.45, 2.75) is 38.5 Å². The van der Waals surface area contributed by atoms with E-state index in [4.69, 9.17) is 14.8 Å². The van der Waals surface area contributed by atoms with E-state index in [0.717, 1.165) is 5.56 Å². The fraction of sp³-hybridized carbons (Fsp3) is 0.391. The van der Waals surface area contributed by atoms with Crippen LogP contribution in [0.3, 0.4) is 0 Å². The van der Waals surface area contributed by atoms with Gasteiger partial charge < -0.3 is 25.0 Å². The number of Topliss-reactive ketones (excluding diaryl/α,β-unsaturated/α-hetero) is 1. The molecule has 37 heavy (non-hydrogen) atoms. The highest BCUT2D eigenvalue weighted by Crippen LogP contribution is 2.48. The van der Waals surface area contributed by atoms with Crippen LogP contribution in [0.2, 0.25) is 0 Å². The summed E-state index contributed by atoms with van der Waals surface area (Å²) in [5.74, 6) is -1.10. The molecule has 1 fully saturated rings. The minimum Gasteiger partial charge on any atom is -0.413 e. The monoisotopic (exact) mass is 532 g/mol. The first kappa shape index (κ1) is 26.7. The van der Waals surface area contributed by atoms with Gasteiger partial charge in [0.05, 0.1) is 31.1 Å². The summed E-state index contributed by atoms with van der Waals surface area (Å²) in [6, 6.07) is 5.22. The summed E-state index contributed by atoms with van der Waals surface area (Å²) in [5, 5.41) is 22.5. The molecule has 5 atom stereocenters. The molecule has 2 aromatic heterocycles. The number of nitrogen functional groups attached to an aromatic ring is 1. The van der Waals surface area contributed by atoms with Gasteiger partial charge in [0.25, 0.3) is 5.56 Å². The third-order valence-corrected chi connectivity index (χ3v) is 7.92. The van der Waals surface area contributed by atoms with Crippen molar-refractivity contribution < 1.29 is 28.6 Å². The summed E-state index contributed by atoms with van der Waals surface area (Å²) >= 11 is 0. The minimum absolute atomic E-state index is 0.0740. The second-order valence-corrected chi connectivity index (χ2v) is 10.6. The van der Waals surface area contributed by atoms with Gasteiger partial charge >= 0.3 is 7.75 Å². The predicted molar refractivity (Wildman–Crippen MR) is 135 cm³/mol. The summed E-state index contributed by atoms with van der Waals surface area (Å²) in [4.78, 5) is 34.7. The highest BCUT2D eigenvalue weighted by atomic mass is 31.2. The van der Waals surface area contributed by atoms with Gasteiger partial charge in [0, 0.05) is 5.92 Å². The summed E-state index contributed by atoms with van der Waals surface area (Å²) in [7, 11) is -4.14. The Morgan fingerprint density at radius 2 is 2.11 bits per heavy atom. The van der Waals surface area contributed by atoms with Gasteiger partial charge in [0.15, 0.2) is 16.9 Å². The van der Waals surface area contributed by atoms with E-state index < -0.39 is 49.8 Å². The van der Waals surface area contributed by atoms with Gasteiger partial charge in [0.1, 0.15) is 12.4 Å². The number of nitrogens with two attached hydrogens (primary N) is 1. The number of aliphatic hydroxyl groups excluding tert-OH is 2. The van der Waals surface area contributed by atoms with Crippen molar-refractivity contribution >= 4 is 30.6 Å². The fourth-order valence-corrected chi connectivity index (χ4v) is 5.73. The third-order valence-electron chi connectivity index (χ3n) is 6.28. The smallest absolute Gasteiger partial charge is 0.413 e. The van der Waals surface area contributed by atoms with E-state index in [2.05, 4.69) is 26.6 Å². The van der Waals surface area contributed by atoms with E-state index >= 15 is 0 Å². The van der Waals surface area contributed by atoms with E-state index in [-0.39, 0.29) is 35.9 Å². The van der Waals surface area contributed by atoms with Crippen LogP contribution in [0.1, 0.15) is 24.9 Å². The highest BCUT2D eigenvalue weighted by Gasteiger charge is 2.41. The van der Waals surface area contributed by atoms with Crippen LogP contribution in [0.5, 0.6) is 5.75 Å². The number of aliphatic hydroxyl groups is 2. The number of hydrogen-bond acceptors (Lipinski definition) is 10. The number of aromatic nitrogens is 4. The number of fused-ring (bicyclic) bond motifs is 1. The second kappa shape index (κ2) is 10.6.